The van der Waals surface area contributed by atoms with Crippen molar-refractivity contribution < 1.29 is 4.79 Å². The van der Waals surface area contributed by atoms with Gasteiger partial charge in [0.25, 0.3) is 5.78 Å². The van der Waals surface area contributed by atoms with Crippen LogP contribution in [0.25, 0.3) is 5.78 Å². The highest BCUT2D eigenvalue weighted by molar-refractivity contribution is 6.30. The maximum absolute atomic E-state index is 12.5. The van der Waals surface area contributed by atoms with Crippen LogP contribution < -0.4 is 16.3 Å². The molecule has 0 radical (unpaired) electrons. The van der Waals surface area contributed by atoms with E-state index in [4.69, 9.17) is 11.6 Å². The summed E-state index contributed by atoms with van der Waals surface area (Å²) in [6.45, 7) is 1.77. The van der Waals surface area contributed by atoms with Gasteiger partial charge in [-0.3, -0.25) is 4.79 Å². The number of aryl methyl sites for hydroxylation is 1. The number of carbonyl (C=O) groups is 1. The molecule has 0 spiro atoms. The second kappa shape index (κ2) is 7.76. The molecule has 0 aliphatic rings. The van der Waals surface area contributed by atoms with E-state index < -0.39 is 11.6 Å². The van der Waals surface area contributed by atoms with Crippen molar-refractivity contribution in [1.29, 1.82) is 0 Å². The number of hydrogen-bond acceptors (Lipinski definition) is 5. The fourth-order valence-corrected chi connectivity index (χ4v) is 2.96. The van der Waals surface area contributed by atoms with Crippen LogP contribution in [0.3, 0.4) is 0 Å². The van der Waals surface area contributed by atoms with E-state index in [1.807, 2.05) is 31.2 Å². The summed E-state index contributed by atoms with van der Waals surface area (Å²) in [5.41, 5.74) is 2.12. The molecule has 9 heteroatoms. The minimum atomic E-state index is -0.448. The zero-order chi connectivity index (χ0) is 20.4. The van der Waals surface area contributed by atoms with Crippen LogP contribution in [-0.2, 0) is 11.3 Å². The largest absolute Gasteiger partial charge is 0.352 e. The number of nitrogens with one attached hydrogen (secondary N) is 2. The van der Waals surface area contributed by atoms with Gasteiger partial charge in [0.2, 0.25) is 5.91 Å². The quantitative estimate of drug-likeness (QED) is 0.528. The van der Waals surface area contributed by atoms with Gasteiger partial charge in [0, 0.05) is 22.6 Å². The SMILES string of the molecule is Cc1ccc(Nc2ccn3c(=O)n(CC(=O)Nc4cccc(Cl)c4)nc3n2)cc1. The number of carbonyl (C=O) groups excluding carboxylic acids is 1. The Morgan fingerprint density at radius 1 is 1.10 bits per heavy atom. The number of hydrogen-bond donors (Lipinski definition) is 2. The molecule has 0 saturated carbocycles. The maximum Gasteiger partial charge on any atom is 0.352 e. The van der Waals surface area contributed by atoms with Gasteiger partial charge in [-0.15, -0.1) is 5.10 Å². The molecule has 2 aromatic carbocycles. The predicted octanol–water partition coefficient (Wildman–Crippen LogP) is 3.24. The van der Waals surface area contributed by atoms with E-state index >= 15 is 0 Å². The number of rotatable bonds is 5. The fraction of sp³-hybridized carbons (Fsp3) is 0.100. The maximum atomic E-state index is 12.5. The molecule has 2 heterocycles. The summed E-state index contributed by atoms with van der Waals surface area (Å²) in [7, 11) is 0. The number of fused-ring (bicyclic) bond motifs is 1. The molecule has 2 aromatic heterocycles. The van der Waals surface area contributed by atoms with Gasteiger partial charge >= 0.3 is 5.69 Å². The van der Waals surface area contributed by atoms with E-state index in [2.05, 4.69) is 20.7 Å². The molecule has 0 fully saturated rings. The lowest BCUT2D eigenvalue weighted by atomic mass is 10.2. The van der Waals surface area contributed by atoms with Crippen LogP contribution in [0.5, 0.6) is 0 Å². The number of anilines is 3. The van der Waals surface area contributed by atoms with Crippen LogP contribution in [0.1, 0.15) is 5.56 Å². The minimum Gasteiger partial charge on any atom is -0.340 e. The van der Waals surface area contributed by atoms with Crippen molar-refractivity contribution in [1.82, 2.24) is 19.2 Å². The third-order valence-corrected chi connectivity index (χ3v) is 4.42. The summed E-state index contributed by atoms with van der Waals surface area (Å²) in [5, 5.41) is 10.5. The third kappa shape index (κ3) is 4.27. The number of halogens is 1. The van der Waals surface area contributed by atoms with Crippen molar-refractivity contribution >= 4 is 40.5 Å². The first-order valence-electron chi connectivity index (χ1n) is 8.83. The van der Waals surface area contributed by atoms with E-state index in [9.17, 15) is 9.59 Å². The van der Waals surface area contributed by atoms with Gasteiger partial charge in [0.05, 0.1) is 0 Å². The number of aromatic nitrogens is 4. The van der Waals surface area contributed by atoms with Crippen LogP contribution in [0, 0.1) is 6.92 Å². The van der Waals surface area contributed by atoms with Crippen molar-refractivity contribution in [2.45, 2.75) is 13.5 Å². The van der Waals surface area contributed by atoms with Crippen LogP contribution in [0.2, 0.25) is 5.02 Å². The highest BCUT2D eigenvalue weighted by atomic mass is 35.5. The Hall–Kier alpha value is -3.65. The summed E-state index contributed by atoms with van der Waals surface area (Å²) >= 11 is 5.91. The van der Waals surface area contributed by atoms with Crippen molar-refractivity contribution in [3.8, 4) is 0 Å². The van der Waals surface area contributed by atoms with Crippen LogP contribution >= 0.6 is 11.6 Å². The molecule has 0 unspecified atom stereocenters. The molecule has 0 saturated heterocycles. The van der Waals surface area contributed by atoms with Gasteiger partial charge < -0.3 is 10.6 Å². The highest BCUT2D eigenvalue weighted by Gasteiger charge is 2.12. The topological polar surface area (TPSA) is 93.3 Å². The second-order valence-corrected chi connectivity index (χ2v) is 6.91. The molecule has 0 aliphatic heterocycles. The molecule has 146 valence electrons. The van der Waals surface area contributed by atoms with Crippen LogP contribution in [-0.4, -0.2) is 25.1 Å². The van der Waals surface area contributed by atoms with Crippen molar-refractivity contribution in [3.05, 3.63) is 81.9 Å². The van der Waals surface area contributed by atoms with Gasteiger partial charge in [0.15, 0.2) is 0 Å². The summed E-state index contributed by atoms with van der Waals surface area (Å²) in [6.07, 6.45) is 1.57. The standard InChI is InChI=1S/C20H17ClN6O2/c1-13-5-7-15(8-6-13)22-17-9-10-26-19(24-17)25-27(20(26)29)12-18(28)23-16-4-2-3-14(21)11-16/h2-11H,12H2,1H3,(H,23,28)(H,22,24,25). The fourth-order valence-electron chi connectivity index (χ4n) is 2.77. The smallest absolute Gasteiger partial charge is 0.340 e. The van der Waals surface area contributed by atoms with Gasteiger partial charge in [-0.1, -0.05) is 35.4 Å². The van der Waals surface area contributed by atoms with Crippen molar-refractivity contribution in [3.63, 3.8) is 0 Å². The predicted molar refractivity (Wildman–Crippen MR) is 112 cm³/mol. The van der Waals surface area contributed by atoms with E-state index in [0.29, 0.717) is 16.5 Å². The lowest BCUT2D eigenvalue weighted by Crippen LogP contribution is -2.28. The van der Waals surface area contributed by atoms with E-state index in [1.165, 1.54) is 4.40 Å². The molecule has 0 atom stereocenters. The third-order valence-electron chi connectivity index (χ3n) is 4.18. The molecular formula is C20H17ClN6O2. The number of benzene rings is 2. The zero-order valence-electron chi connectivity index (χ0n) is 15.5. The second-order valence-electron chi connectivity index (χ2n) is 6.47. The Kier molecular flexibility index (Phi) is 5.01. The van der Waals surface area contributed by atoms with Crippen molar-refractivity contribution in [2.75, 3.05) is 10.6 Å². The average molecular weight is 409 g/mol. The Labute approximate surface area is 170 Å². The zero-order valence-corrected chi connectivity index (χ0v) is 16.2. The summed E-state index contributed by atoms with van der Waals surface area (Å²) < 4.78 is 2.35. The Morgan fingerprint density at radius 3 is 2.66 bits per heavy atom. The van der Waals surface area contributed by atoms with Gasteiger partial charge in [-0.25, -0.2) is 13.9 Å². The molecule has 4 rings (SSSR count). The number of nitrogens with zero attached hydrogens (tertiary/aromatic N) is 4. The average Bonchev–Trinajstić information content (AvgIpc) is 2.98. The highest BCUT2D eigenvalue weighted by Crippen LogP contribution is 2.16. The van der Waals surface area contributed by atoms with Gasteiger partial charge in [-0.2, -0.15) is 4.98 Å². The van der Waals surface area contributed by atoms with Crippen molar-refractivity contribution in [2.24, 2.45) is 0 Å². The van der Waals surface area contributed by atoms with E-state index in [1.54, 1.807) is 36.5 Å². The molecule has 1 amide bonds. The molecule has 2 N–H and O–H groups in total. The van der Waals surface area contributed by atoms with E-state index in [-0.39, 0.29) is 12.3 Å². The lowest BCUT2D eigenvalue weighted by molar-refractivity contribution is -0.117. The van der Waals surface area contributed by atoms with Gasteiger partial charge in [0.1, 0.15) is 12.4 Å². The monoisotopic (exact) mass is 408 g/mol. The molecule has 0 bridgehead atoms. The van der Waals surface area contributed by atoms with Crippen LogP contribution in [0.15, 0.2) is 65.6 Å². The molecule has 29 heavy (non-hydrogen) atoms. The van der Waals surface area contributed by atoms with E-state index in [0.717, 1.165) is 15.9 Å². The Morgan fingerprint density at radius 2 is 1.90 bits per heavy atom. The Balaban J connectivity index is 1.53. The summed E-state index contributed by atoms with van der Waals surface area (Å²) in [5.74, 6) is 0.348. The Bertz CT molecular complexity index is 1250. The summed E-state index contributed by atoms with van der Waals surface area (Å²) in [6, 6.07) is 16.3. The summed E-state index contributed by atoms with van der Waals surface area (Å²) in [4.78, 5) is 29.1. The number of amides is 1. The molecular weight excluding hydrogens is 392 g/mol. The lowest BCUT2D eigenvalue weighted by Gasteiger charge is -2.05. The van der Waals surface area contributed by atoms with Crippen LogP contribution in [0.4, 0.5) is 17.2 Å². The minimum absolute atomic E-state index is 0.197. The molecule has 4 aromatic rings. The first-order chi connectivity index (χ1) is 14.0. The molecule has 0 aliphatic carbocycles. The first kappa shape index (κ1) is 18.7. The normalized spacial score (nSPS) is 10.8. The molecule has 8 nitrogen and oxygen atoms in total. The van der Waals surface area contributed by atoms with Gasteiger partial charge in [-0.05, 0) is 43.3 Å². The first-order valence-corrected chi connectivity index (χ1v) is 9.21.